The molecule has 4 rings (SSSR count). The fraction of sp³-hybridized carbons (Fsp3) is 0.314. The van der Waals surface area contributed by atoms with Crippen LogP contribution >= 0.6 is 15.8 Å². The minimum absolute atomic E-state index is 0.758. The summed E-state index contributed by atoms with van der Waals surface area (Å²) in [4.78, 5) is 0. The molecular weight excluding hydrogens is 610 g/mol. The van der Waals surface area contributed by atoms with E-state index >= 15 is 0 Å². The standard InChI is InChI=1S/C35H42O8P2/c1-36-24-14-9-15-25(37-2)32(24)44(33-26(38-3)16-10-17-27(33)39-4)22-13-23-45(34-28(40-5)18-11-19-29(34)41-6)35-30(42-7)20-12-21-31(35)43-8/h9-12,14-21H,13,22-23H2,1-8H3. The Morgan fingerprint density at radius 2 is 0.511 bits per heavy atom. The van der Waals surface area contributed by atoms with Gasteiger partial charge in [0.1, 0.15) is 46.0 Å². The lowest BCUT2D eigenvalue weighted by atomic mass is 10.3. The average Bonchev–Trinajstić information content (AvgIpc) is 3.10. The molecule has 0 heterocycles. The van der Waals surface area contributed by atoms with Crippen molar-refractivity contribution in [3.8, 4) is 46.0 Å². The van der Waals surface area contributed by atoms with Crippen molar-refractivity contribution in [3.05, 3.63) is 72.8 Å². The first-order chi connectivity index (χ1) is 22.0. The lowest BCUT2D eigenvalue weighted by Crippen LogP contribution is -2.23. The van der Waals surface area contributed by atoms with Crippen LogP contribution in [-0.2, 0) is 0 Å². The Morgan fingerprint density at radius 1 is 0.333 bits per heavy atom. The van der Waals surface area contributed by atoms with Crippen LogP contribution in [0.5, 0.6) is 46.0 Å². The van der Waals surface area contributed by atoms with E-state index in [1.165, 1.54) is 0 Å². The molecule has 45 heavy (non-hydrogen) atoms. The van der Waals surface area contributed by atoms with E-state index in [0.717, 1.165) is 86.0 Å². The molecule has 0 radical (unpaired) electrons. The summed E-state index contributed by atoms with van der Waals surface area (Å²) < 4.78 is 47.3. The van der Waals surface area contributed by atoms with Gasteiger partial charge in [0.15, 0.2) is 0 Å². The molecule has 0 unspecified atom stereocenters. The normalized spacial score (nSPS) is 10.9. The Hall–Kier alpha value is -3.86. The summed E-state index contributed by atoms with van der Waals surface area (Å²) in [7, 11) is 11.3. The quantitative estimate of drug-likeness (QED) is 0.143. The van der Waals surface area contributed by atoms with E-state index < -0.39 is 15.8 Å². The Kier molecular flexibility index (Phi) is 12.4. The molecule has 0 aromatic heterocycles. The SMILES string of the molecule is COc1cccc(OC)c1P(CCCP(c1c(OC)cccc1OC)c1c(OC)cccc1OC)c1c(OC)cccc1OC. The summed E-state index contributed by atoms with van der Waals surface area (Å²) in [6.45, 7) is 0. The van der Waals surface area contributed by atoms with Crippen molar-refractivity contribution < 1.29 is 37.9 Å². The van der Waals surface area contributed by atoms with Crippen molar-refractivity contribution >= 4 is 37.1 Å². The molecule has 0 aliphatic heterocycles. The van der Waals surface area contributed by atoms with Crippen molar-refractivity contribution in [2.45, 2.75) is 6.42 Å². The highest BCUT2D eigenvalue weighted by atomic mass is 31.1. The molecule has 0 amide bonds. The zero-order valence-corrected chi connectivity index (χ0v) is 29.0. The van der Waals surface area contributed by atoms with E-state index in [2.05, 4.69) is 0 Å². The van der Waals surface area contributed by atoms with Crippen molar-refractivity contribution in [2.24, 2.45) is 0 Å². The predicted molar refractivity (Wildman–Crippen MR) is 185 cm³/mol. The average molecular weight is 653 g/mol. The highest BCUT2D eigenvalue weighted by molar-refractivity contribution is 7.74. The lowest BCUT2D eigenvalue weighted by molar-refractivity contribution is 0.399. The molecule has 0 N–H and O–H groups in total. The molecule has 8 nitrogen and oxygen atoms in total. The minimum atomic E-state index is -1.09. The van der Waals surface area contributed by atoms with Gasteiger partial charge < -0.3 is 37.9 Å². The van der Waals surface area contributed by atoms with Gasteiger partial charge in [0, 0.05) is 0 Å². The highest BCUT2D eigenvalue weighted by Crippen LogP contribution is 2.50. The number of hydrogen-bond acceptors (Lipinski definition) is 8. The summed E-state index contributed by atoms with van der Waals surface area (Å²) >= 11 is 0. The molecule has 240 valence electrons. The van der Waals surface area contributed by atoms with Gasteiger partial charge in [-0.3, -0.25) is 0 Å². The van der Waals surface area contributed by atoms with E-state index in [-0.39, 0.29) is 0 Å². The summed E-state index contributed by atoms with van der Waals surface area (Å²) in [6, 6.07) is 23.5. The Labute approximate surface area is 269 Å². The van der Waals surface area contributed by atoms with Gasteiger partial charge in [0.25, 0.3) is 0 Å². The minimum Gasteiger partial charge on any atom is -0.496 e. The van der Waals surface area contributed by atoms with Crippen LogP contribution in [0.15, 0.2) is 72.8 Å². The molecule has 10 heteroatoms. The Balaban J connectivity index is 1.88. The second kappa shape index (κ2) is 16.5. The van der Waals surface area contributed by atoms with Crippen molar-refractivity contribution in [1.82, 2.24) is 0 Å². The van der Waals surface area contributed by atoms with Crippen LogP contribution in [0.2, 0.25) is 0 Å². The topological polar surface area (TPSA) is 73.8 Å². The number of methoxy groups -OCH3 is 8. The first-order valence-electron chi connectivity index (χ1n) is 14.4. The van der Waals surface area contributed by atoms with Crippen LogP contribution in [0.1, 0.15) is 6.42 Å². The summed E-state index contributed by atoms with van der Waals surface area (Å²) in [5, 5.41) is 3.98. The molecule has 4 aromatic carbocycles. The molecule has 0 spiro atoms. The zero-order valence-electron chi connectivity index (χ0n) is 27.2. The molecule has 0 saturated carbocycles. The molecule has 0 aliphatic carbocycles. The summed E-state index contributed by atoms with van der Waals surface area (Å²) in [6.07, 6.45) is 2.40. The molecule has 4 aromatic rings. The van der Waals surface area contributed by atoms with Crippen LogP contribution in [0.3, 0.4) is 0 Å². The van der Waals surface area contributed by atoms with E-state index in [9.17, 15) is 0 Å². The van der Waals surface area contributed by atoms with Crippen LogP contribution in [0.4, 0.5) is 0 Å². The molecule has 0 aliphatic rings. The lowest BCUT2D eigenvalue weighted by Gasteiger charge is -2.28. The monoisotopic (exact) mass is 652 g/mol. The fourth-order valence-electron chi connectivity index (χ4n) is 5.45. The first kappa shape index (κ1) is 34.0. The summed E-state index contributed by atoms with van der Waals surface area (Å²) in [5.74, 6) is 6.06. The Bertz CT molecular complexity index is 1250. The molecule has 0 atom stereocenters. The Morgan fingerprint density at radius 3 is 0.667 bits per heavy atom. The second-order valence-electron chi connectivity index (χ2n) is 9.70. The maximum Gasteiger partial charge on any atom is 0.130 e. The predicted octanol–water partition coefficient (Wildman–Crippen LogP) is 5.71. The number of rotatable bonds is 16. The van der Waals surface area contributed by atoms with Crippen LogP contribution < -0.4 is 59.1 Å². The number of hydrogen-bond donors (Lipinski definition) is 0. The highest BCUT2D eigenvalue weighted by Gasteiger charge is 2.31. The third kappa shape index (κ3) is 7.19. The molecule has 0 saturated heterocycles. The zero-order chi connectivity index (χ0) is 32.3. The maximum absolute atomic E-state index is 5.92. The van der Waals surface area contributed by atoms with Crippen molar-refractivity contribution in [2.75, 3.05) is 69.2 Å². The van der Waals surface area contributed by atoms with Gasteiger partial charge in [-0.25, -0.2) is 0 Å². The number of ether oxygens (including phenoxy) is 8. The van der Waals surface area contributed by atoms with Gasteiger partial charge in [0.2, 0.25) is 0 Å². The smallest absolute Gasteiger partial charge is 0.130 e. The molecule has 0 bridgehead atoms. The first-order valence-corrected chi connectivity index (χ1v) is 17.5. The van der Waals surface area contributed by atoms with Crippen LogP contribution in [0, 0.1) is 0 Å². The van der Waals surface area contributed by atoms with Gasteiger partial charge in [-0.2, -0.15) is 0 Å². The van der Waals surface area contributed by atoms with Crippen LogP contribution in [0.25, 0.3) is 0 Å². The molecular formula is C35H42O8P2. The molecule has 0 fully saturated rings. The summed E-state index contributed by atoms with van der Waals surface area (Å²) in [5.41, 5.74) is 0. The van der Waals surface area contributed by atoms with Gasteiger partial charge in [-0.1, -0.05) is 24.3 Å². The second-order valence-corrected chi connectivity index (χ2v) is 14.1. The maximum atomic E-state index is 5.92. The van der Waals surface area contributed by atoms with Gasteiger partial charge in [0.05, 0.1) is 78.1 Å². The van der Waals surface area contributed by atoms with E-state index in [4.69, 9.17) is 37.9 Å². The van der Waals surface area contributed by atoms with Gasteiger partial charge in [-0.05, 0) is 83.1 Å². The van der Waals surface area contributed by atoms with Crippen molar-refractivity contribution in [3.63, 3.8) is 0 Å². The van der Waals surface area contributed by atoms with Crippen LogP contribution in [-0.4, -0.2) is 69.2 Å². The van der Waals surface area contributed by atoms with E-state index in [1.807, 2.05) is 72.8 Å². The van der Waals surface area contributed by atoms with E-state index in [0.29, 0.717) is 0 Å². The fourth-order valence-corrected chi connectivity index (χ4v) is 11.4. The van der Waals surface area contributed by atoms with Gasteiger partial charge >= 0.3 is 0 Å². The third-order valence-corrected chi connectivity index (χ3v) is 12.9. The van der Waals surface area contributed by atoms with Gasteiger partial charge in [-0.15, -0.1) is 0 Å². The van der Waals surface area contributed by atoms with Crippen molar-refractivity contribution in [1.29, 1.82) is 0 Å². The van der Waals surface area contributed by atoms with E-state index in [1.54, 1.807) is 56.9 Å². The third-order valence-electron chi connectivity index (χ3n) is 7.45. The number of benzene rings is 4. The largest absolute Gasteiger partial charge is 0.496 e.